The minimum absolute atomic E-state index is 0.198. The monoisotopic (exact) mass is 404 g/mol. The highest BCUT2D eigenvalue weighted by Crippen LogP contribution is 2.35. The average molecular weight is 404 g/mol. The molecular weight excluding hydrogens is 389 g/mol. The molecular formula is C16H15F3N2O5S. The van der Waals surface area contributed by atoms with Crippen molar-refractivity contribution in [1.82, 2.24) is 0 Å². The Morgan fingerprint density at radius 2 is 1.78 bits per heavy atom. The Morgan fingerprint density at radius 1 is 1.15 bits per heavy atom. The highest BCUT2D eigenvalue weighted by Gasteiger charge is 2.47. The second kappa shape index (κ2) is 7.92. The number of alkyl halides is 3. The summed E-state index contributed by atoms with van der Waals surface area (Å²) in [6.07, 6.45) is 0.289. The van der Waals surface area contributed by atoms with Gasteiger partial charge in [0.15, 0.2) is 0 Å². The second-order valence-electron chi connectivity index (χ2n) is 5.60. The van der Waals surface area contributed by atoms with Crippen molar-refractivity contribution in [2.75, 3.05) is 11.9 Å². The lowest BCUT2D eigenvalue weighted by atomic mass is 10.1. The number of anilines is 1. The standard InChI is InChI=1S/C16H15F3N2O5S/c17-16(18,19)27(25,26)13-6-7-14(15(9-13)21(23)24)20-12(10-22)8-11-4-2-1-3-5-11/h1-7,9,12,20,22H,8,10H2. The predicted molar refractivity (Wildman–Crippen MR) is 91.0 cm³/mol. The lowest BCUT2D eigenvalue weighted by Gasteiger charge is -2.18. The molecule has 0 aliphatic heterocycles. The first kappa shape index (κ1) is 20.6. The number of rotatable bonds is 7. The molecule has 0 saturated heterocycles. The van der Waals surface area contributed by atoms with Crippen LogP contribution in [0.25, 0.3) is 0 Å². The molecule has 2 N–H and O–H groups in total. The number of nitro benzene ring substituents is 1. The van der Waals surface area contributed by atoms with Crippen LogP contribution in [0.15, 0.2) is 53.4 Å². The highest BCUT2D eigenvalue weighted by atomic mass is 32.2. The van der Waals surface area contributed by atoms with Crippen molar-refractivity contribution in [2.24, 2.45) is 0 Å². The van der Waals surface area contributed by atoms with E-state index in [2.05, 4.69) is 5.32 Å². The number of benzene rings is 2. The van der Waals surface area contributed by atoms with Gasteiger partial charge in [0.05, 0.1) is 22.5 Å². The van der Waals surface area contributed by atoms with Gasteiger partial charge < -0.3 is 10.4 Å². The third-order valence-electron chi connectivity index (χ3n) is 3.69. The molecule has 2 aromatic carbocycles. The number of sulfone groups is 1. The molecule has 146 valence electrons. The van der Waals surface area contributed by atoms with Crippen molar-refractivity contribution in [1.29, 1.82) is 0 Å². The van der Waals surface area contributed by atoms with E-state index < -0.39 is 43.5 Å². The van der Waals surface area contributed by atoms with Gasteiger partial charge in [0.2, 0.25) is 0 Å². The van der Waals surface area contributed by atoms with Crippen LogP contribution in [0, 0.1) is 10.1 Å². The lowest BCUT2D eigenvalue weighted by Crippen LogP contribution is -2.27. The zero-order chi connectivity index (χ0) is 20.2. The van der Waals surface area contributed by atoms with Crippen molar-refractivity contribution in [3.05, 3.63) is 64.2 Å². The summed E-state index contributed by atoms with van der Waals surface area (Å²) in [6, 6.07) is 10.1. The van der Waals surface area contributed by atoms with Gasteiger partial charge >= 0.3 is 5.51 Å². The Morgan fingerprint density at radius 3 is 2.30 bits per heavy atom. The summed E-state index contributed by atoms with van der Waals surface area (Å²) in [6.45, 7) is -0.408. The van der Waals surface area contributed by atoms with E-state index in [4.69, 9.17) is 0 Å². The molecule has 2 aromatic rings. The number of hydrogen-bond acceptors (Lipinski definition) is 6. The molecule has 0 saturated carbocycles. The molecule has 0 bridgehead atoms. The molecule has 11 heteroatoms. The summed E-state index contributed by atoms with van der Waals surface area (Å²) in [5, 5.41) is 23.4. The van der Waals surface area contributed by atoms with Crippen molar-refractivity contribution >= 4 is 21.2 Å². The van der Waals surface area contributed by atoms with Crippen molar-refractivity contribution in [3.8, 4) is 0 Å². The minimum Gasteiger partial charge on any atom is -0.394 e. The summed E-state index contributed by atoms with van der Waals surface area (Å²) in [5.41, 5.74) is -5.79. The Balaban J connectivity index is 2.35. The molecule has 2 rings (SSSR count). The van der Waals surface area contributed by atoms with Gasteiger partial charge in [-0.1, -0.05) is 30.3 Å². The zero-order valence-electron chi connectivity index (χ0n) is 13.7. The fraction of sp³-hybridized carbons (Fsp3) is 0.250. The first-order valence-electron chi connectivity index (χ1n) is 7.57. The van der Waals surface area contributed by atoms with Crippen LogP contribution >= 0.6 is 0 Å². The molecule has 1 unspecified atom stereocenters. The van der Waals surface area contributed by atoms with E-state index in [1.165, 1.54) is 0 Å². The van der Waals surface area contributed by atoms with E-state index in [9.17, 15) is 36.8 Å². The Labute approximate surface area is 152 Å². The van der Waals surface area contributed by atoms with Gasteiger partial charge in [0.1, 0.15) is 5.69 Å². The molecule has 0 radical (unpaired) electrons. The maximum atomic E-state index is 12.7. The molecule has 0 heterocycles. The first-order chi connectivity index (χ1) is 12.6. The van der Waals surface area contributed by atoms with Gasteiger partial charge in [-0.15, -0.1) is 0 Å². The summed E-state index contributed by atoms with van der Waals surface area (Å²) in [4.78, 5) is 8.99. The number of aliphatic hydroxyl groups excluding tert-OH is 1. The fourth-order valence-corrected chi connectivity index (χ4v) is 3.15. The van der Waals surface area contributed by atoms with Gasteiger partial charge in [-0.2, -0.15) is 13.2 Å². The smallest absolute Gasteiger partial charge is 0.394 e. The molecule has 27 heavy (non-hydrogen) atoms. The van der Waals surface area contributed by atoms with Crippen LogP contribution in [0.5, 0.6) is 0 Å². The van der Waals surface area contributed by atoms with Gasteiger partial charge in [-0.3, -0.25) is 10.1 Å². The van der Waals surface area contributed by atoms with E-state index in [0.717, 1.165) is 11.6 Å². The van der Waals surface area contributed by atoms with Crippen LogP contribution in [0.3, 0.4) is 0 Å². The fourth-order valence-electron chi connectivity index (χ4n) is 2.37. The normalized spacial score (nSPS) is 13.2. The summed E-state index contributed by atoms with van der Waals surface area (Å²) in [7, 11) is -5.71. The largest absolute Gasteiger partial charge is 0.501 e. The second-order valence-corrected chi connectivity index (χ2v) is 7.54. The topological polar surface area (TPSA) is 110 Å². The Bertz CT molecular complexity index is 917. The van der Waals surface area contributed by atoms with Crippen LogP contribution < -0.4 is 5.32 Å². The van der Waals surface area contributed by atoms with Crippen LogP contribution in [-0.2, 0) is 16.3 Å². The maximum absolute atomic E-state index is 12.7. The number of nitrogens with zero attached hydrogens (tertiary/aromatic N) is 1. The van der Waals surface area contributed by atoms with E-state index in [1.54, 1.807) is 30.3 Å². The maximum Gasteiger partial charge on any atom is 0.501 e. The molecule has 0 spiro atoms. The zero-order valence-corrected chi connectivity index (χ0v) is 14.5. The van der Waals surface area contributed by atoms with E-state index in [1.807, 2.05) is 0 Å². The number of aliphatic hydroxyl groups is 1. The molecule has 0 aliphatic carbocycles. The lowest BCUT2D eigenvalue weighted by molar-refractivity contribution is -0.384. The minimum atomic E-state index is -5.71. The number of halogens is 3. The van der Waals surface area contributed by atoms with E-state index in [0.29, 0.717) is 12.1 Å². The van der Waals surface area contributed by atoms with Crippen LogP contribution in [0.4, 0.5) is 24.5 Å². The van der Waals surface area contributed by atoms with Crippen molar-refractivity contribution < 1.29 is 31.6 Å². The molecule has 0 fully saturated rings. The predicted octanol–water partition coefficient (Wildman–Crippen LogP) is 2.90. The quantitative estimate of drug-likeness (QED) is 0.543. The number of nitrogens with one attached hydrogen (secondary N) is 1. The van der Waals surface area contributed by atoms with Crippen LogP contribution in [0.1, 0.15) is 5.56 Å². The molecule has 7 nitrogen and oxygen atoms in total. The van der Waals surface area contributed by atoms with Gasteiger partial charge in [-0.25, -0.2) is 8.42 Å². The van der Waals surface area contributed by atoms with Crippen molar-refractivity contribution in [2.45, 2.75) is 22.9 Å². The van der Waals surface area contributed by atoms with E-state index in [-0.39, 0.29) is 12.1 Å². The molecule has 1 atom stereocenters. The molecule has 0 aromatic heterocycles. The molecule has 0 aliphatic rings. The Hall–Kier alpha value is -2.66. The summed E-state index contributed by atoms with van der Waals surface area (Å²) in [5.74, 6) is 0. The highest BCUT2D eigenvalue weighted by molar-refractivity contribution is 7.92. The first-order valence-corrected chi connectivity index (χ1v) is 9.05. The average Bonchev–Trinajstić information content (AvgIpc) is 2.61. The van der Waals surface area contributed by atoms with Gasteiger partial charge in [0, 0.05) is 6.07 Å². The van der Waals surface area contributed by atoms with Gasteiger partial charge in [0.25, 0.3) is 15.5 Å². The van der Waals surface area contributed by atoms with Crippen LogP contribution in [-0.4, -0.2) is 36.6 Å². The summed E-state index contributed by atoms with van der Waals surface area (Å²) < 4.78 is 60.9. The Kier molecular flexibility index (Phi) is 6.06. The van der Waals surface area contributed by atoms with Crippen molar-refractivity contribution in [3.63, 3.8) is 0 Å². The van der Waals surface area contributed by atoms with Gasteiger partial charge in [-0.05, 0) is 24.1 Å². The third kappa shape index (κ3) is 4.74. The van der Waals surface area contributed by atoms with E-state index >= 15 is 0 Å². The summed E-state index contributed by atoms with van der Waals surface area (Å²) >= 11 is 0. The van der Waals surface area contributed by atoms with Crippen LogP contribution in [0.2, 0.25) is 0 Å². The number of nitro groups is 1. The molecule has 0 amide bonds. The SMILES string of the molecule is O=[N+]([O-])c1cc(S(=O)(=O)C(F)(F)F)ccc1NC(CO)Cc1ccccc1. The third-order valence-corrected chi connectivity index (χ3v) is 5.17. The number of hydrogen-bond donors (Lipinski definition) is 2.